The molecule has 0 saturated heterocycles. The molecular formula is C13H13FN2O. The number of nitrogens with zero attached hydrogens (tertiary/aromatic N) is 2. The zero-order valence-electron chi connectivity index (χ0n) is 9.47. The summed E-state index contributed by atoms with van der Waals surface area (Å²) < 4.78 is 12.9. The van der Waals surface area contributed by atoms with Gasteiger partial charge in [-0.25, -0.2) is 14.4 Å². The quantitative estimate of drug-likeness (QED) is 0.882. The highest BCUT2D eigenvalue weighted by Gasteiger charge is 2.12. The fourth-order valence-corrected chi connectivity index (χ4v) is 1.67. The van der Waals surface area contributed by atoms with Crippen molar-refractivity contribution in [3.05, 3.63) is 59.4 Å². The van der Waals surface area contributed by atoms with Gasteiger partial charge in [-0.15, -0.1) is 0 Å². The number of halogens is 1. The van der Waals surface area contributed by atoms with Crippen LogP contribution in [0.1, 0.15) is 23.1 Å². The molecule has 0 aliphatic carbocycles. The zero-order valence-corrected chi connectivity index (χ0v) is 9.47. The zero-order chi connectivity index (χ0) is 12.3. The molecule has 1 N–H and O–H groups in total. The Kier molecular flexibility index (Phi) is 3.44. The largest absolute Gasteiger partial charge is 0.385 e. The van der Waals surface area contributed by atoms with Crippen LogP contribution in [0.4, 0.5) is 4.39 Å². The minimum Gasteiger partial charge on any atom is -0.385 e. The first-order chi connectivity index (χ1) is 8.16. The van der Waals surface area contributed by atoms with Gasteiger partial charge in [0.25, 0.3) is 0 Å². The molecule has 1 heterocycles. The van der Waals surface area contributed by atoms with Crippen molar-refractivity contribution in [1.29, 1.82) is 0 Å². The van der Waals surface area contributed by atoms with Gasteiger partial charge in [0.1, 0.15) is 11.9 Å². The average molecular weight is 232 g/mol. The van der Waals surface area contributed by atoms with Gasteiger partial charge < -0.3 is 5.11 Å². The molecule has 1 aromatic carbocycles. The van der Waals surface area contributed by atoms with Gasteiger partial charge in [0.15, 0.2) is 5.82 Å². The van der Waals surface area contributed by atoms with Gasteiger partial charge in [0.2, 0.25) is 0 Å². The molecule has 0 amide bonds. The van der Waals surface area contributed by atoms with Crippen LogP contribution in [-0.2, 0) is 6.42 Å². The van der Waals surface area contributed by atoms with Gasteiger partial charge in [0.05, 0.1) is 0 Å². The number of benzene rings is 1. The van der Waals surface area contributed by atoms with E-state index in [-0.39, 0.29) is 5.82 Å². The highest BCUT2D eigenvalue weighted by Crippen LogP contribution is 2.18. The lowest BCUT2D eigenvalue weighted by molar-refractivity contribution is 0.168. The average Bonchev–Trinajstić information content (AvgIpc) is 2.34. The molecule has 0 aliphatic heterocycles. The number of aliphatic hydroxyl groups excluding tert-OH is 1. The standard InChI is InChI=1S/C13H13FN2O/c1-9-7-11(14)4-3-10(9)8-12(17)13-15-5-2-6-16-13/h2-7,12,17H,8H2,1H3. The maximum absolute atomic E-state index is 12.9. The summed E-state index contributed by atoms with van der Waals surface area (Å²) in [5, 5.41) is 9.95. The summed E-state index contributed by atoms with van der Waals surface area (Å²) in [5.74, 6) is 0.118. The summed E-state index contributed by atoms with van der Waals surface area (Å²) >= 11 is 0. The summed E-state index contributed by atoms with van der Waals surface area (Å²) in [4.78, 5) is 7.97. The monoisotopic (exact) mass is 232 g/mol. The molecule has 0 saturated carbocycles. The van der Waals surface area contributed by atoms with E-state index in [4.69, 9.17) is 0 Å². The van der Waals surface area contributed by atoms with Crippen molar-refractivity contribution in [2.75, 3.05) is 0 Å². The van der Waals surface area contributed by atoms with Gasteiger partial charge in [-0.3, -0.25) is 0 Å². The molecular weight excluding hydrogens is 219 g/mol. The Hall–Kier alpha value is -1.81. The molecule has 3 nitrogen and oxygen atoms in total. The van der Waals surface area contributed by atoms with E-state index >= 15 is 0 Å². The number of rotatable bonds is 3. The fraction of sp³-hybridized carbons (Fsp3) is 0.231. The molecule has 2 rings (SSSR count). The van der Waals surface area contributed by atoms with Crippen LogP contribution in [0.25, 0.3) is 0 Å². The summed E-state index contributed by atoms with van der Waals surface area (Å²) in [6.07, 6.45) is 2.79. The van der Waals surface area contributed by atoms with Gasteiger partial charge in [-0.1, -0.05) is 6.07 Å². The van der Waals surface area contributed by atoms with Crippen molar-refractivity contribution >= 4 is 0 Å². The smallest absolute Gasteiger partial charge is 0.157 e. The van der Waals surface area contributed by atoms with Crippen LogP contribution in [0.3, 0.4) is 0 Å². The molecule has 1 unspecified atom stereocenters. The molecule has 0 aliphatic rings. The summed E-state index contributed by atoms with van der Waals surface area (Å²) in [6.45, 7) is 1.82. The number of aliphatic hydroxyl groups is 1. The minimum atomic E-state index is -0.764. The van der Waals surface area contributed by atoms with Crippen LogP contribution in [-0.4, -0.2) is 15.1 Å². The van der Waals surface area contributed by atoms with Crippen molar-refractivity contribution in [3.8, 4) is 0 Å². The van der Waals surface area contributed by atoms with E-state index in [1.165, 1.54) is 12.1 Å². The van der Waals surface area contributed by atoms with E-state index in [9.17, 15) is 9.50 Å². The molecule has 0 radical (unpaired) electrons. The summed E-state index contributed by atoms with van der Waals surface area (Å²) in [6, 6.07) is 6.21. The highest BCUT2D eigenvalue weighted by molar-refractivity contribution is 5.27. The van der Waals surface area contributed by atoms with E-state index in [2.05, 4.69) is 9.97 Å². The Labute approximate surface area is 99.0 Å². The number of hydrogen-bond donors (Lipinski definition) is 1. The second-order valence-electron chi connectivity index (χ2n) is 3.90. The third-order valence-electron chi connectivity index (χ3n) is 2.60. The fourth-order valence-electron chi connectivity index (χ4n) is 1.67. The lowest BCUT2D eigenvalue weighted by atomic mass is 10.0. The Balaban J connectivity index is 2.16. The van der Waals surface area contributed by atoms with Crippen LogP contribution >= 0.6 is 0 Å². The van der Waals surface area contributed by atoms with Crippen molar-refractivity contribution in [3.63, 3.8) is 0 Å². The molecule has 0 bridgehead atoms. The van der Waals surface area contributed by atoms with Crippen LogP contribution in [0.5, 0.6) is 0 Å². The molecule has 2 aromatic rings. The molecule has 17 heavy (non-hydrogen) atoms. The lowest BCUT2D eigenvalue weighted by Crippen LogP contribution is -2.07. The first kappa shape index (κ1) is 11.7. The van der Waals surface area contributed by atoms with Gasteiger partial charge in [-0.2, -0.15) is 0 Å². The van der Waals surface area contributed by atoms with E-state index < -0.39 is 6.10 Å². The van der Waals surface area contributed by atoms with E-state index in [0.29, 0.717) is 12.2 Å². The molecule has 88 valence electrons. The SMILES string of the molecule is Cc1cc(F)ccc1CC(O)c1ncccn1. The van der Waals surface area contributed by atoms with Crippen LogP contribution in [0.15, 0.2) is 36.7 Å². The Morgan fingerprint density at radius 3 is 2.65 bits per heavy atom. The number of aryl methyl sites for hydroxylation is 1. The van der Waals surface area contributed by atoms with Crippen molar-refractivity contribution in [2.24, 2.45) is 0 Å². The summed E-state index contributed by atoms with van der Waals surface area (Å²) in [5.41, 5.74) is 1.71. The van der Waals surface area contributed by atoms with Gasteiger partial charge >= 0.3 is 0 Å². The molecule has 1 atom stereocenters. The molecule has 0 fully saturated rings. The first-order valence-electron chi connectivity index (χ1n) is 5.37. The first-order valence-corrected chi connectivity index (χ1v) is 5.37. The summed E-state index contributed by atoms with van der Waals surface area (Å²) in [7, 11) is 0. The molecule has 0 spiro atoms. The second-order valence-corrected chi connectivity index (χ2v) is 3.90. The Morgan fingerprint density at radius 1 is 1.29 bits per heavy atom. The third-order valence-corrected chi connectivity index (χ3v) is 2.60. The maximum Gasteiger partial charge on any atom is 0.157 e. The molecule has 4 heteroatoms. The van der Waals surface area contributed by atoms with Crippen LogP contribution < -0.4 is 0 Å². The minimum absolute atomic E-state index is 0.267. The molecule has 1 aromatic heterocycles. The van der Waals surface area contributed by atoms with Crippen LogP contribution in [0.2, 0.25) is 0 Å². The second kappa shape index (κ2) is 5.01. The normalized spacial score (nSPS) is 12.4. The highest BCUT2D eigenvalue weighted by atomic mass is 19.1. The predicted molar refractivity (Wildman–Crippen MR) is 61.8 cm³/mol. The van der Waals surface area contributed by atoms with Crippen molar-refractivity contribution < 1.29 is 9.50 Å². The Morgan fingerprint density at radius 2 is 2.00 bits per heavy atom. The maximum atomic E-state index is 12.9. The predicted octanol–water partition coefficient (Wildman–Crippen LogP) is 2.20. The van der Waals surface area contributed by atoms with Crippen molar-refractivity contribution in [1.82, 2.24) is 9.97 Å². The van der Waals surface area contributed by atoms with Crippen LogP contribution in [0, 0.1) is 12.7 Å². The lowest BCUT2D eigenvalue weighted by Gasteiger charge is -2.11. The van der Waals surface area contributed by atoms with E-state index in [1.807, 2.05) is 6.92 Å². The number of hydrogen-bond acceptors (Lipinski definition) is 3. The topological polar surface area (TPSA) is 46.0 Å². The Bertz CT molecular complexity index is 502. The third kappa shape index (κ3) is 2.85. The van der Waals surface area contributed by atoms with E-state index in [1.54, 1.807) is 24.5 Å². The number of aromatic nitrogens is 2. The van der Waals surface area contributed by atoms with Gasteiger partial charge in [-0.05, 0) is 36.2 Å². The van der Waals surface area contributed by atoms with E-state index in [0.717, 1.165) is 11.1 Å². The van der Waals surface area contributed by atoms with Gasteiger partial charge in [0, 0.05) is 18.8 Å². The van der Waals surface area contributed by atoms with Crippen molar-refractivity contribution in [2.45, 2.75) is 19.4 Å².